The number of urea groups is 1. The Morgan fingerprint density at radius 3 is 2.56 bits per heavy atom. The molecule has 1 aliphatic rings. The van der Waals surface area contributed by atoms with E-state index in [1.807, 2.05) is 30.3 Å². The molecule has 0 aliphatic carbocycles. The quantitative estimate of drug-likeness (QED) is 0.550. The summed E-state index contributed by atoms with van der Waals surface area (Å²) in [4.78, 5) is 42.1. The molecule has 1 aromatic carbocycles. The summed E-state index contributed by atoms with van der Waals surface area (Å²) < 4.78 is 0. The fourth-order valence-electron chi connectivity index (χ4n) is 2.58. The second kappa shape index (κ2) is 9.66. The van der Waals surface area contributed by atoms with E-state index in [-0.39, 0.29) is 6.54 Å². The van der Waals surface area contributed by atoms with Crippen LogP contribution in [0.2, 0.25) is 0 Å². The molecule has 2 rings (SSSR count). The first-order valence-electron chi connectivity index (χ1n) is 8.73. The number of rotatable bonds is 9. The molecule has 136 valence electrons. The van der Waals surface area contributed by atoms with Crippen molar-refractivity contribution in [1.82, 2.24) is 15.3 Å². The van der Waals surface area contributed by atoms with Crippen LogP contribution in [0.1, 0.15) is 44.6 Å². The second-order valence-corrected chi connectivity index (χ2v) is 6.03. The molecular formula is C18H25N3O4. The van der Waals surface area contributed by atoms with E-state index in [1.54, 1.807) is 0 Å². The Morgan fingerprint density at radius 2 is 1.84 bits per heavy atom. The van der Waals surface area contributed by atoms with Gasteiger partial charge in [0.15, 0.2) is 0 Å². The maximum absolute atomic E-state index is 12.2. The molecule has 0 radical (unpaired) electrons. The highest BCUT2D eigenvalue weighted by Gasteiger charge is 2.39. The number of carbonyl (C=O) groups excluding carboxylic acids is 3. The fourth-order valence-corrected chi connectivity index (χ4v) is 2.58. The molecule has 0 aromatic heterocycles. The van der Waals surface area contributed by atoms with Gasteiger partial charge in [-0.15, -0.1) is 0 Å². The van der Waals surface area contributed by atoms with Gasteiger partial charge in [0.05, 0.1) is 0 Å². The lowest BCUT2D eigenvalue weighted by molar-refractivity contribution is -0.147. The molecule has 0 bridgehead atoms. The fraction of sp³-hybridized carbons (Fsp3) is 0.500. The molecule has 1 N–H and O–H groups in total. The van der Waals surface area contributed by atoms with Gasteiger partial charge >= 0.3 is 12.1 Å². The topological polar surface area (TPSA) is 79.0 Å². The Balaban J connectivity index is 1.75. The van der Waals surface area contributed by atoms with Crippen LogP contribution in [-0.2, 0) is 16.2 Å². The molecule has 7 heteroatoms. The molecule has 1 aromatic rings. The monoisotopic (exact) mass is 347 g/mol. The van der Waals surface area contributed by atoms with Crippen molar-refractivity contribution in [2.75, 3.05) is 13.1 Å². The largest absolute Gasteiger partial charge is 0.432 e. The van der Waals surface area contributed by atoms with Crippen LogP contribution in [0, 0.1) is 0 Å². The third kappa shape index (κ3) is 5.77. The van der Waals surface area contributed by atoms with Crippen molar-refractivity contribution in [3.8, 4) is 0 Å². The highest BCUT2D eigenvalue weighted by atomic mass is 16.7. The van der Waals surface area contributed by atoms with Crippen LogP contribution in [-0.4, -0.2) is 41.1 Å². The van der Waals surface area contributed by atoms with Crippen LogP contribution in [0.15, 0.2) is 30.3 Å². The number of imide groups is 1. The number of hydrogen-bond donors (Lipinski definition) is 1. The first-order chi connectivity index (χ1) is 12.1. The third-order valence-electron chi connectivity index (χ3n) is 3.94. The predicted octanol–water partition coefficient (Wildman–Crippen LogP) is 3.06. The minimum absolute atomic E-state index is 0.0992. The zero-order chi connectivity index (χ0) is 18.1. The van der Waals surface area contributed by atoms with Crippen LogP contribution < -0.4 is 5.32 Å². The van der Waals surface area contributed by atoms with Gasteiger partial charge in [-0.05, 0) is 12.0 Å². The zero-order valence-corrected chi connectivity index (χ0v) is 14.6. The molecule has 0 unspecified atom stereocenters. The Bertz CT molecular complexity index is 591. The van der Waals surface area contributed by atoms with E-state index >= 15 is 0 Å². The van der Waals surface area contributed by atoms with Crippen molar-refractivity contribution in [3.05, 3.63) is 35.9 Å². The smallest absolute Gasteiger partial charge is 0.320 e. The van der Waals surface area contributed by atoms with E-state index in [1.165, 1.54) is 11.3 Å². The summed E-state index contributed by atoms with van der Waals surface area (Å²) in [6, 6.07) is 8.72. The number of nitrogens with one attached hydrogen (secondary N) is 1. The van der Waals surface area contributed by atoms with Crippen molar-refractivity contribution >= 4 is 18.0 Å². The van der Waals surface area contributed by atoms with Crippen molar-refractivity contribution in [1.29, 1.82) is 0 Å². The van der Waals surface area contributed by atoms with E-state index in [2.05, 4.69) is 12.2 Å². The molecule has 0 saturated carbocycles. The Kier molecular flexibility index (Phi) is 7.25. The van der Waals surface area contributed by atoms with Crippen LogP contribution in [0.5, 0.6) is 0 Å². The highest BCUT2D eigenvalue weighted by molar-refractivity contribution is 6.01. The van der Waals surface area contributed by atoms with E-state index in [0.29, 0.717) is 18.2 Å². The minimum atomic E-state index is -0.779. The predicted molar refractivity (Wildman–Crippen MR) is 92.3 cm³/mol. The SMILES string of the molecule is CCCCCCCNC(=O)ON1C(=O)CN(Cc2ccccc2)C1=O. The van der Waals surface area contributed by atoms with Gasteiger partial charge in [-0.1, -0.05) is 68.0 Å². The highest BCUT2D eigenvalue weighted by Crippen LogP contribution is 2.15. The summed E-state index contributed by atoms with van der Waals surface area (Å²) in [5.41, 5.74) is 0.905. The average Bonchev–Trinajstić information content (AvgIpc) is 2.86. The molecule has 1 fully saturated rings. The van der Waals surface area contributed by atoms with Gasteiger partial charge in [-0.3, -0.25) is 4.79 Å². The normalized spacial score (nSPS) is 14.1. The van der Waals surface area contributed by atoms with E-state index in [0.717, 1.165) is 31.2 Å². The lowest BCUT2D eigenvalue weighted by atomic mass is 10.1. The molecule has 1 aliphatic heterocycles. The molecule has 1 heterocycles. The first-order valence-corrected chi connectivity index (χ1v) is 8.73. The molecular weight excluding hydrogens is 322 g/mol. The number of nitrogens with zero attached hydrogens (tertiary/aromatic N) is 2. The molecule has 0 atom stereocenters. The van der Waals surface area contributed by atoms with Crippen molar-refractivity contribution in [2.24, 2.45) is 0 Å². The summed E-state index contributed by atoms with van der Waals surface area (Å²) in [6.07, 6.45) is 4.56. The van der Waals surface area contributed by atoms with Gasteiger partial charge in [-0.25, -0.2) is 9.59 Å². The number of amides is 4. The van der Waals surface area contributed by atoms with Gasteiger partial charge < -0.3 is 15.1 Å². The van der Waals surface area contributed by atoms with E-state index in [4.69, 9.17) is 4.84 Å². The van der Waals surface area contributed by atoms with Gasteiger partial charge in [0.2, 0.25) is 0 Å². The van der Waals surface area contributed by atoms with Crippen LogP contribution in [0.3, 0.4) is 0 Å². The number of carbonyl (C=O) groups is 3. The molecule has 1 saturated heterocycles. The van der Waals surface area contributed by atoms with Crippen LogP contribution in [0.4, 0.5) is 9.59 Å². The summed E-state index contributed by atoms with van der Waals surface area (Å²) in [5.74, 6) is -0.543. The Labute approximate surface area is 147 Å². The zero-order valence-electron chi connectivity index (χ0n) is 14.6. The summed E-state index contributed by atoms with van der Waals surface area (Å²) in [7, 11) is 0. The maximum atomic E-state index is 12.2. The molecule has 0 spiro atoms. The van der Waals surface area contributed by atoms with Crippen molar-refractivity contribution < 1.29 is 19.2 Å². The summed E-state index contributed by atoms with van der Waals surface area (Å²) >= 11 is 0. The van der Waals surface area contributed by atoms with Crippen molar-refractivity contribution in [3.63, 3.8) is 0 Å². The summed E-state index contributed by atoms with van der Waals surface area (Å²) in [5, 5.41) is 3.10. The minimum Gasteiger partial charge on any atom is -0.320 e. The lowest BCUT2D eigenvalue weighted by Gasteiger charge is -2.16. The molecule has 4 amide bonds. The number of hydroxylamine groups is 2. The average molecular weight is 347 g/mol. The number of hydrogen-bond acceptors (Lipinski definition) is 4. The van der Waals surface area contributed by atoms with Crippen LogP contribution in [0.25, 0.3) is 0 Å². The Hall–Kier alpha value is -2.57. The first kappa shape index (κ1) is 18.8. The second-order valence-electron chi connectivity index (χ2n) is 6.03. The van der Waals surface area contributed by atoms with E-state index in [9.17, 15) is 14.4 Å². The number of benzene rings is 1. The lowest BCUT2D eigenvalue weighted by Crippen LogP contribution is -2.39. The van der Waals surface area contributed by atoms with Gasteiger partial charge in [0.25, 0.3) is 5.91 Å². The van der Waals surface area contributed by atoms with Gasteiger partial charge in [-0.2, -0.15) is 0 Å². The third-order valence-corrected chi connectivity index (χ3v) is 3.94. The number of unbranched alkanes of at least 4 members (excludes halogenated alkanes) is 4. The maximum Gasteiger partial charge on any atom is 0.432 e. The van der Waals surface area contributed by atoms with Crippen LogP contribution >= 0.6 is 0 Å². The molecule has 7 nitrogen and oxygen atoms in total. The standard InChI is InChI=1S/C18H25N3O4/c1-2-3-4-5-9-12-19-17(23)25-21-16(22)14-20(18(21)24)13-15-10-7-6-8-11-15/h6-8,10-11H,2-5,9,12-14H2,1H3,(H,19,23). The summed E-state index contributed by atoms with van der Waals surface area (Å²) in [6.45, 7) is 2.80. The molecule has 25 heavy (non-hydrogen) atoms. The van der Waals surface area contributed by atoms with Gasteiger partial charge in [0.1, 0.15) is 6.54 Å². The Morgan fingerprint density at radius 1 is 1.12 bits per heavy atom. The van der Waals surface area contributed by atoms with Gasteiger partial charge in [0, 0.05) is 13.1 Å². The van der Waals surface area contributed by atoms with E-state index < -0.39 is 18.0 Å². The van der Waals surface area contributed by atoms with Crippen molar-refractivity contribution in [2.45, 2.75) is 45.6 Å².